The van der Waals surface area contributed by atoms with Crippen LogP contribution in [-0.2, 0) is 15.7 Å². The lowest BCUT2D eigenvalue weighted by Crippen LogP contribution is -2.07. The number of ether oxygens (including phenoxy) is 1. The number of hydrogen-bond acceptors (Lipinski definition) is 2. The van der Waals surface area contributed by atoms with Crippen LogP contribution in [0.25, 0.3) is 11.1 Å². The maximum absolute atomic E-state index is 13.3. The lowest BCUT2D eigenvalue weighted by atomic mass is 9.97. The lowest BCUT2D eigenvalue weighted by Gasteiger charge is -2.13. The van der Waals surface area contributed by atoms with Crippen LogP contribution in [0.1, 0.15) is 11.1 Å². The quantitative estimate of drug-likeness (QED) is 0.563. The van der Waals surface area contributed by atoms with Crippen LogP contribution in [0, 0.1) is 11.8 Å². The molecule has 0 aliphatic carbocycles. The minimum atomic E-state index is -4.56. The average Bonchev–Trinajstić information content (AvgIpc) is 2.52. The molecule has 0 saturated carbocycles. The Morgan fingerprint density at radius 1 is 1.13 bits per heavy atom. The standard InChI is InChI=1S/C17H10ClF3O2/c1-23-16(22)9-3-11-2-8-14(15(10-11)17(19,20)21)12-4-6-13(18)7-5-12/h2,4-8,10H,1H3. The SMILES string of the molecule is COC(=O)C#Cc1ccc(-c2ccc(Cl)cc2)c(C(F)(F)F)c1. The van der Waals surface area contributed by atoms with Gasteiger partial charge < -0.3 is 4.74 Å². The third kappa shape index (κ3) is 4.27. The maximum atomic E-state index is 13.3. The molecule has 0 aliphatic heterocycles. The first-order chi connectivity index (χ1) is 10.8. The van der Waals surface area contributed by atoms with Gasteiger partial charge in [-0.15, -0.1) is 0 Å². The van der Waals surface area contributed by atoms with Crippen molar-refractivity contribution in [2.24, 2.45) is 0 Å². The van der Waals surface area contributed by atoms with Gasteiger partial charge in [-0.1, -0.05) is 35.7 Å². The summed E-state index contributed by atoms with van der Waals surface area (Å²) >= 11 is 5.75. The summed E-state index contributed by atoms with van der Waals surface area (Å²) < 4.78 is 44.2. The zero-order valence-electron chi connectivity index (χ0n) is 11.9. The molecule has 0 amide bonds. The first-order valence-corrected chi connectivity index (χ1v) is 6.76. The summed E-state index contributed by atoms with van der Waals surface area (Å²) in [6.45, 7) is 0. The third-order valence-electron chi connectivity index (χ3n) is 2.97. The zero-order chi connectivity index (χ0) is 17.0. The molecule has 6 heteroatoms. The summed E-state index contributed by atoms with van der Waals surface area (Å²) in [6, 6.07) is 9.67. The topological polar surface area (TPSA) is 26.3 Å². The van der Waals surface area contributed by atoms with Crippen LogP contribution in [0.15, 0.2) is 42.5 Å². The molecule has 0 radical (unpaired) electrons. The van der Waals surface area contributed by atoms with Crippen LogP contribution in [0.3, 0.4) is 0 Å². The molecule has 0 aromatic heterocycles. The Hall–Kier alpha value is -2.45. The van der Waals surface area contributed by atoms with Crippen molar-refractivity contribution in [3.8, 4) is 23.0 Å². The fraction of sp³-hybridized carbons (Fsp3) is 0.118. The highest BCUT2D eigenvalue weighted by atomic mass is 35.5. The third-order valence-corrected chi connectivity index (χ3v) is 3.23. The van der Waals surface area contributed by atoms with Crippen LogP contribution >= 0.6 is 11.6 Å². The van der Waals surface area contributed by atoms with Crippen molar-refractivity contribution in [3.63, 3.8) is 0 Å². The normalized spacial score (nSPS) is 10.7. The molecule has 0 N–H and O–H groups in total. The molecule has 0 atom stereocenters. The van der Waals surface area contributed by atoms with Crippen LogP contribution in [0.2, 0.25) is 5.02 Å². The number of rotatable bonds is 1. The number of carbonyl (C=O) groups is 1. The van der Waals surface area contributed by atoms with E-state index >= 15 is 0 Å². The Balaban J connectivity index is 2.53. The van der Waals surface area contributed by atoms with Crippen molar-refractivity contribution < 1.29 is 22.7 Å². The Morgan fingerprint density at radius 2 is 1.78 bits per heavy atom. The molecule has 0 unspecified atom stereocenters. The number of esters is 1. The van der Waals surface area contributed by atoms with E-state index in [9.17, 15) is 18.0 Å². The van der Waals surface area contributed by atoms with Gasteiger partial charge in [0, 0.05) is 16.5 Å². The summed E-state index contributed by atoms with van der Waals surface area (Å²) in [6.07, 6.45) is -4.56. The molecule has 23 heavy (non-hydrogen) atoms. The van der Waals surface area contributed by atoms with Gasteiger partial charge in [0.1, 0.15) is 0 Å². The molecule has 2 rings (SSSR count). The van der Waals surface area contributed by atoms with Crippen LogP contribution in [0.4, 0.5) is 13.2 Å². The molecule has 0 saturated heterocycles. The maximum Gasteiger partial charge on any atom is 0.417 e. The second-order valence-electron chi connectivity index (χ2n) is 4.51. The number of carbonyl (C=O) groups excluding carboxylic acids is 1. The first-order valence-electron chi connectivity index (χ1n) is 6.38. The summed E-state index contributed by atoms with van der Waals surface area (Å²) in [5.74, 6) is 3.63. The predicted molar refractivity (Wildman–Crippen MR) is 80.8 cm³/mol. The Bertz CT molecular complexity index is 784. The van der Waals surface area contributed by atoms with E-state index in [0.717, 1.165) is 13.2 Å². The monoisotopic (exact) mass is 338 g/mol. The number of methoxy groups -OCH3 is 1. The molecule has 0 spiro atoms. The Labute approximate surface area is 135 Å². The number of halogens is 4. The second-order valence-corrected chi connectivity index (χ2v) is 4.94. The van der Waals surface area contributed by atoms with Crippen molar-refractivity contribution in [2.45, 2.75) is 6.18 Å². The van der Waals surface area contributed by atoms with E-state index in [1.54, 1.807) is 0 Å². The van der Waals surface area contributed by atoms with Gasteiger partial charge in [-0.2, -0.15) is 13.2 Å². The highest BCUT2D eigenvalue weighted by Gasteiger charge is 2.33. The second kappa shape index (κ2) is 6.76. The van der Waals surface area contributed by atoms with Crippen molar-refractivity contribution in [3.05, 3.63) is 58.6 Å². The molecule has 2 nitrogen and oxygen atoms in total. The number of benzene rings is 2. The van der Waals surface area contributed by atoms with Gasteiger partial charge in [0.15, 0.2) is 0 Å². The molecule has 118 valence electrons. The van der Waals surface area contributed by atoms with Gasteiger partial charge in [-0.25, -0.2) is 4.79 Å². The van der Waals surface area contributed by atoms with Gasteiger partial charge in [0.05, 0.1) is 12.7 Å². The van der Waals surface area contributed by atoms with E-state index in [0.29, 0.717) is 10.6 Å². The van der Waals surface area contributed by atoms with E-state index in [1.807, 2.05) is 0 Å². The summed E-state index contributed by atoms with van der Waals surface area (Å²) in [5.41, 5.74) is -0.371. The van der Waals surface area contributed by atoms with Gasteiger partial charge >= 0.3 is 12.1 Å². The fourth-order valence-corrected chi connectivity index (χ4v) is 2.04. The van der Waals surface area contributed by atoms with E-state index in [1.165, 1.54) is 36.4 Å². The summed E-state index contributed by atoms with van der Waals surface area (Å²) in [4.78, 5) is 11.0. The fourth-order valence-electron chi connectivity index (χ4n) is 1.91. The summed E-state index contributed by atoms with van der Waals surface area (Å²) in [7, 11) is 1.14. The number of alkyl halides is 3. The highest BCUT2D eigenvalue weighted by molar-refractivity contribution is 6.30. The minimum absolute atomic E-state index is 0.0118. The highest BCUT2D eigenvalue weighted by Crippen LogP contribution is 2.37. The molecule has 2 aromatic carbocycles. The largest absolute Gasteiger partial charge is 0.459 e. The smallest absolute Gasteiger partial charge is 0.417 e. The molecule has 0 aliphatic rings. The van der Waals surface area contributed by atoms with Gasteiger partial charge in [0.25, 0.3) is 0 Å². The van der Waals surface area contributed by atoms with Crippen molar-refractivity contribution in [2.75, 3.05) is 7.11 Å². The van der Waals surface area contributed by atoms with E-state index in [2.05, 4.69) is 16.6 Å². The lowest BCUT2D eigenvalue weighted by molar-refractivity contribution is -0.137. The van der Waals surface area contributed by atoms with E-state index in [4.69, 9.17) is 11.6 Å². The van der Waals surface area contributed by atoms with Crippen LogP contribution in [-0.4, -0.2) is 13.1 Å². The van der Waals surface area contributed by atoms with Crippen molar-refractivity contribution >= 4 is 17.6 Å². The average molecular weight is 339 g/mol. The van der Waals surface area contributed by atoms with E-state index < -0.39 is 17.7 Å². The first kappa shape index (κ1) is 16.9. The van der Waals surface area contributed by atoms with E-state index in [-0.39, 0.29) is 11.1 Å². The van der Waals surface area contributed by atoms with Crippen LogP contribution < -0.4 is 0 Å². The van der Waals surface area contributed by atoms with Gasteiger partial charge in [-0.05, 0) is 35.4 Å². The molecule has 0 heterocycles. The Morgan fingerprint density at radius 3 is 2.35 bits per heavy atom. The molecule has 0 fully saturated rings. The van der Waals surface area contributed by atoms with Crippen molar-refractivity contribution in [1.29, 1.82) is 0 Å². The van der Waals surface area contributed by atoms with Crippen molar-refractivity contribution in [1.82, 2.24) is 0 Å². The Kier molecular flexibility index (Phi) is 4.97. The molecular formula is C17H10ClF3O2. The molecule has 2 aromatic rings. The minimum Gasteiger partial charge on any atom is -0.459 e. The zero-order valence-corrected chi connectivity index (χ0v) is 12.6. The predicted octanol–water partition coefficient (Wildman–Crippen LogP) is 4.55. The van der Waals surface area contributed by atoms with Gasteiger partial charge in [-0.3, -0.25) is 0 Å². The molecular weight excluding hydrogens is 329 g/mol. The molecule has 0 bridgehead atoms. The van der Waals surface area contributed by atoms with Crippen LogP contribution in [0.5, 0.6) is 0 Å². The number of hydrogen-bond donors (Lipinski definition) is 0. The van der Waals surface area contributed by atoms with Gasteiger partial charge in [0.2, 0.25) is 0 Å². The summed E-state index contributed by atoms with van der Waals surface area (Å²) in [5, 5.41) is 0.433.